The van der Waals surface area contributed by atoms with Crippen molar-refractivity contribution in [2.24, 2.45) is 11.8 Å². The highest BCUT2D eigenvalue weighted by Crippen LogP contribution is 2.23. The second kappa shape index (κ2) is 8.22. The molecule has 1 fully saturated rings. The molecule has 1 N–H and O–H groups in total. The summed E-state index contributed by atoms with van der Waals surface area (Å²) < 4.78 is 26.1. The van der Waals surface area contributed by atoms with Gasteiger partial charge in [0.1, 0.15) is 0 Å². The van der Waals surface area contributed by atoms with E-state index in [4.69, 9.17) is 0 Å². The molecule has 0 aliphatic carbocycles. The van der Waals surface area contributed by atoms with E-state index in [2.05, 4.69) is 5.32 Å². The SMILES string of the molecule is CCC(CC)C(=O)N1CCC(C(=O)Nc2ccc(F)c(F)c2)CC1. The molecule has 6 heteroatoms. The smallest absolute Gasteiger partial charge is 0.227 e. The fourth-order valence-corrected chi connectivity index (χ4v) is 3.08. The minimum atomic E-state index is -0.988. The van der Waals surface area contributed by atoms with Crippen molar-refractivity contribution in [3.8, 4) is 0 Å². The molecule has 0 saturated carbocycles. The summed E-state index contributed by atoms with van der Waals surface area (Å²) in [6.45, 7) is 5.14. The Balaban J connectivity index is 1.88. The van der Waals surface area contributed by atoms with Crippen molar-refractivity contribution in [3.63, 3.8) is 0 Å². The zero-order valence-electron chi connectivity index (χ0n) is 14.1. The van der Waals surface area contributed by atoms with Crippen LogP contribution in [-0.4, -0.2) is 29.8 Å². The Bertz CT molecular complexity index is 595. The van der Waals surface area contributed by atoms with Gasteiger partial charge in [-0.2, -0.15) is 0 Å². The van der Waals surface area contributed by atoms with Gasteiger partial charge in [0, 0.05) is 36.7 Å². The number of benzene rings is 1. The largest absolute Gasteiger partial charge is 0.342 e. The van der Waals surface area contributed by atoms with Crippen molar-refractivity contribution in [3.05, 3.63) is 29.8 Å². The van der Waals surface area contributed by atoms with Crippen LogP contribution in [0.3, 0.4) is 0 Å². The first-order valence-electron chi connectivity index (χ1n) is 8.50. The Kier molecular flexibility index (Phi) is 6.29. The Morgan fingerprint density at radius 2 is 1.79 bits per heavy atom. The lowest BCUT2D eigenvalue weighted by Gasteiger charge is -2.33. The highest BCUT2D eigenvalue weighted by molar-refractivity contribution is 5.92. The first-order valence-corrected chi connectivity index (χ1v) is 8.50. The Morgan fingerprint density at radius 3 is 2.33 bits per heavy atom. The number of nitrogens with zero attached hydrogens (tertiary/aromatic N) is 1. The third-order valence-corrected chi connectivity index (χ3v) is 4.70. The summed E-state index contributed by atoms with van der Waals surface area (Å²) in [6, 6.07) is 3.29. The number of likely N-dealkylation sites (tertiary alicyclic amines) is 1. The average molecular weight is 338 g/mol. The molecule has 0 atom stereocenters. The van der Waals surface area contributed by atoms with Crippen LogP contribution in [0.2, 0.25) is 0 Å². The molecule has 1 saturated heterocycles. The number of carbonyl (C=O) groups excluding carboxylic acids is 2. The van der Waals surface area contributed by atoms with E-state index in [1.165, 1.54) is 6.07 Å². The van der Waals surface area contributed by atoms with Crippen molar-refractivity contribution >= 4 is 17.5 Å². The van der Waals surface area contributed by atoms with Crippen molar-refractivity contribution in [2.75, 3.05) is 18.4 Å². The fraction of sp³-hybridized carbons (Fsp3) is 0.556. The Labute approximate surface area is 141 Å². The van der Waals surface area contributed by atoms with Crippen LogP contribution in [-0.2, 0) is 9.59 Å². The van der Waals surface area contributed by atoms with Crippen LogP contribution >= 0.6 is 0 Å². The van der Waals surface area contributed by atoms with Gasteiger partial charge in [-0.15, -0.1) is 0 Å². The monoisotopic (exact) mass is 338 g/mol. The molecule has 0 bridgehead atoms. The van der Waals surface area contributed by atoms with Crippen molar-refractivity contribution in [1.29, 1.82) is 0 Å². The zero-order valence-corrected chi connectivity index (χ0v) is 14.1. The lowest BCUT2D eigenvalue weighted by Crippen LogP contribution is -2.43. The topological polar surface area (TPSA) is 49.4 Å². The van der Waals surface area contributed by atoms with Gasteiger partial charge in [0.15, 0.2) is 11.6 Å². The zero-order chi connectivity index (χ0) is 17.7. The molecule has 132 valence electrons. The third-order valence-electron chi connectivity index (χ3n) is 4.70. The summed E-state index contributed by atoms with van der Waals surface area (Å²) in [5, 5.41) is 2.62. The van der Waals surface area contributed by atoms with Crippen LogP contribution in [0.1, 0.15) is 39.5 Å². The maximum atomic E-state index is 13.2. The number of rotatable bonds is 5. The van der Waals surface area contributed by atoms with E-state index in [9.17, 15) is 18.4 Å². The highest BCUT2D eigenvalue weighted by atomic mass is 19.2. The Hall–Kier alpha value is -1.98. The van der Waals surface area contributed by atoms with Crippen LogP contribution in [0.15, 0.2) is 18.2 Å². The van der Waals surface area contributed by atoms with Crippen LogP contribution in [0, 0.1) is 23.5 Å². The van der Waals surface area contributed by atoms with Gasteiger partial charge < -0.3 is 10.2 Å². The van der Waals surface area contributed by atoms with Crippen LogP contribution < -0.4 is 5.32 Å². The molecule has 1 aromatic rings. The highest BCUT2D eigenvalue weighted by Gasteiger charge is 2.29. The summed E-state index contributed by atoms with van der Waals surface area (Å²) in [4.78, 5) is 26.4. The van der Waals surface area contributed by atoms with E-state index in [1.54, 1.807) is 0 Å². The molecule has 0 spiro atoms. The van der Waals surface area contributed by atoms with E-state index >= 15 is 0 Å². The number of piperidine rings is 1. The number of hydrogen-bond acceptors (Lipinski definition) is 2. The lowest BCUT2D eigenvalue weighted by molar-refractivity contribution is -0.138. The van der Waals surface area contributed by atoms with E-state index in [0.29, 0.717) is 25.9 Å². The second-order valence-electron chi connectivity index (χ2n) is 6.23. The molecule has 1 aromatic carbocycles. The molecule has 2 amide bonds. The lowest BCUT2D eigenvalue weighted by atomic mass is 9.93. The van der Waals surface area contributed by atoms with E-state index in [-0.39, 0.29) is 29.3 Å². The third kappa shape index (κ3) is 4.30. The van der Waals surface area contributed by atoms with Crippen molar-refractivity contribution < 1.29 is 18.4 Å². The van der Waals surface area contributed by atoms with Crippen molar-refractivity contribution in [1.82, 2.24) is 4.90 Å². The number of carbonyl (C=O) groups is 2. The Morgan fingerprint density at radius 1 is 1.17 bits per heavy atom. The summed E-state index contributed by atoms with van der Waals surface area (Å²) in [7, 11) is 0. The summed E-state index contributed by atoms with van der Waals surface area (Å²) >= 11 is 0. The quantitative estimate of drug-likeness (QED) is 0.892. The summed E-state index contributed by atoms with van der Waals surface area (Å²) in [5.74, 6) is -2.14. The fourth-order valence-electron chi connectivity index (χ4n) is 3.08. The molecule has 2 rings (SSSR count). The number of nitrogens with one attached hydrogen (secondary N) is 1. The van der Waals surface area contributed by atoms with Gasteiger partial charge in [0.2, 0.25) is 11.8 Å². The van der Waals surface area contributed by atoms with Gasteiger partial charge in [-0.1, -0.05) is 13.8 Å². The van der Waals surface area contributed by atoms with Gasteiger partial charge >= 0.3 is 0 Å². The summed E-state index contributed by atoms with van der Waals surface area (Å²) in [6.07, 6.45) is 2.82. The molecular weight excluding hydrogens is 314 g/mol. The van der Waals surface area contributed by atoms with Gasteiger partial charge in [0.05, 0.1) is 0 Å². The standard InChI is InChI=1S/C18H24F2N2O2/c1-3-12(4-2)18(24)22-9-7-13(8-10-22)17(23)21-14-5-6-15(19)16(20)11-14/h5-6,11-13H,3-4,7-10H2,1-2H3,(H,21,23). The van der Waals surface area contributed by atoms with Gasteiger partial charge in [-0.05, 0) is 37.8 Å². The van der Waals surface area contributed by atoms with Crippen LogP contribution in [0.4, 0.5) is 14.5 Å². The second-order valence-corrected chi connectivity index (χ2v) is 6.23. The minimum Gasteiger partial charge on any atom is -0.342 e. The van der Waals surface area contributed by atoms with Gasteiger partial charge in [-0.3, -0.25) is 9.59 Å². The predicted octanol–water partition coefficient (Wildman–Crippen LogP) is 3.58. The summed E-state index contributed by atoms with van der Waals surface area (Å²) in [5.41, 5.74) is 0.245. The molecule has 0 unspecified atom stereocenters. The maximum Gasteiger partial charge on any atom is 0.227 e. The molecule has 24 heavy (non-hydrogen) atoms. The number of halogens is 2. The first kappa shape index (κ1) is 18.4. The van der Waals surface area contributed by atoms with E-state index in [1.807, 2.05) is 18.7 Å². The number of amides is 2. The van der Waals surface area contributed by atoms with E-state index < -0.39 is 11.6 Å². The van der Waals surface area contributed by atoms with E-state index in [0.717, 1.165) is 25.0 Å². The average Bonchev–Trinajstić information content (AvgIpc) is 2.59. The van der Waals surface area contributed by atoms with Crippen LogP contribution in [0.25, 0.3) is 0 Å². The molecule has 0 aromatic heterocycles. The molecule has 1 aliphatic rings. The van der Waals surface area contributed by atoms with Crippen molar-refractivity contribution in [2.45, 2.75) is 39.5 Å². The molecular formula is C18H24F2N2O2. The minimum absolute atomic E-state index is 0.0533. The first-order chi connectivity index (χ1) is 11.5. The molecule has 1 aliphatic heterocycles. The molecule has 1 heterocycles. The molecule has 0 radical (unpaired) electrons. The number of hydrogen-bond donors (Lipinski definition) is 1. The maximum absolute atomic E-state index is 13.2. The molecule has 4 nitrogen and oxygen atoms in total. The normalized spacial score (nSPS) is 15.6. The van der Waals surface area contributed by atoms with Gasteiger partial charge in [-0.25, -0.2) is 8.78 Å². The van der Waals surface area contributed by atoms with Crippen LogP contribution in [0.5, 0.6) is 0 Å². The van der Waals surface area contributed by atoms with Gasteiger partial charge in [0.25, 0.3) is 0 Å². The predicted molar refractivity (Wildman–Crippen MR) is 88.4 cm³/mol. The number of anilines is 1.